The standard InChI is InChI=1S/C34H41N3O3/c1-8-10-13-20-36(7)34(5,6)33(39)40-35-24(4)25-16-18-30-28(21-25)29-22-26(17-19-31(29)37(30)9-2)32(38)27-15-12-11-14-23(27)3/h11-12,14-19,21-22H,8-10,13,20H2,1-7H3/b35-24+. The van der Waals surface area contributed by atoms with E-state index in [0.29, 0.717) is 16.8 Å². The molecule has 0 spiro atoms. The van der Waals surface area contributed by atoms with Crippen LogP contribution in [0.5, 0.6) is 0 Å². The van der Waals surface area contributed by atoms with Crippen molar-refractivity contribution in [1.29, 1.82) is 0 Å². The number of ketones is 1. The number of oxime groups is 1. The van der Waals surface area contributed by atoms with Crippen molar-refractivity contribution in [1.82, 2.24) is 9.47 Å². The Morgan fingerprint density at radius 3 is 2.17 bits per heavy atom. The Morgan fingerprint density at radius 1 is 0.925 bits per heavy atom. The predicted molar refractivity (Wildman–Crippen MR) is 164 cm³/mol. The van der Waals surface area contributed by atoms with Crippen LogP contribution >= 0.6 is 0 Å². The second-order valence-electron chi connectivity index (χ2n) is 11.1. The third kappa shape index (κ3) is 5.73. The normalized spacial score (nSPS) is 12.4. The van der Waals surface area contributed by atoms with Crippen LogP contribution in [0.3, 0.4) is 0 Å². The van der Waals surface area contributed by atoms with Gasteiger partial charge in [-0.3, -0.25) is 9.69 Å². The van der Waals surface area contributed by atoms with E-state index in [9.17, 15) is 9.59 Å². The molecule has 0 saturated heterocycles. The highest BCUT2D eigenvalue weighted by Crippen LogP contribution is 2.32. The molecule has 4 aromatic rings. The van der Waals surface area contributed by atoms with E-state index in [0.717, 1.165) is 65.3 Å². The Kier molecular flexibility index (Phi) is 8.89. The Balaban J connectivity index is 1.66. The highest BCUT2D eigenvalue weighted by atomic mass is 16.7. The molecule has 1 aromatic heterocycles. The molecule has 3 aromatic carbocycles. The van der Waals surface area contributed by atoms with Gasteiger partial charge in [0, 0.05) is 39.5 Å². The van der Waals surface area contributed by atoms with Gasteiger partial charge in [0.25, 0.3) is 0 Å². The van der Waals surface area contributed by atoms with Crippen molar-refractivity contribution < 1.29 is 14.4 Å². The Hall–Kier alpha value is -3.77. The number of aryl methyl sites for hydroxylation is 2. The molecule has 0 radical (unpaired) electrons. The fraction of sp³-hybridized carbons (Fsp3) is 0.382. The molecular formula is C34H41N3O3. The fourth-order valence-corrected chi connectivity index (χ4v) is 5.10. The second-order valence-corrected chi connectivity index (χ2v) is 11.1. The average molecular weight is 540 g/mol. The fourth-order valence-electron chi connectivity index (χ4n) is 5.10. The molecule has 0 bridgehead atoms. The number of likely N-dealkylation sites (N-methyl/N-ethyl adjacent to an activating group) is 1. The molecule has 6 nitrogen and oxygen atoms in total. The summed E-state index contributed by atoms with van der Waals surface area (Å²) in [6, 6.07) is 19.8. The first-order valence-electron chi connectivity index (χ1n) is 14.2. The minimum absolute atomic E-state index is 0.0143. The van der Waals surface area contributed by atoms with Crippen LogP contribution in [0.1, 0.15) is 80.9 Å². The van der Waals surface area contributed by atoms with Crippen molar-refractivity contribution in [2.45, 2.75) is 72.9 Å². The summed E-state index contributed by atoms with van der Waals surface area (Å²) in [5.41, 5.74) is 5.19. The van der Waals surface area contributed by atoms with E-state index in [-0.39, 0.29) is 11.8 Å². The van der Waals surface area contributed by atoms with Crippen molar-refractivity contribution in [3.8, 4) is 0 Å². The van der Waals surface area contributed by atoms with Crippen molar-refractivity contribution in [2.24, 2.45) is 5.16 Å². The first kappa shape index (κ1) is 29.2. The van der Waals surface area contributed by atoms with Crippen molar-refractivity contribution >= 4 is 39.3 Å². The first-order valence-corrected chi connectivity index (χ1v) is 14.2. The van der Waals surface area contributed by atoms with Gasteiger partial charge in [0.2, 0.25) is 0 Å². The lowest BCUT2D eigenvalue weighted by Crippen LogP contribution is -2.48. The summed E-state index contributed by atoms with van der Waals surface area (Å²) in [7, 11) is 1.95. The van der Waals surface area contributed by atoms with Crippen LogP contribution in [-0.4, -0.2) is 46.1 Å². The number of unbranched alkanes of at least 4 members (excludes halogenated alkanes) is 2. The molecule has 0 N–H and O–H groups in total. The molecule has 6 heteroatoms. The van der Waals surface area contributed by atoms with E-state index >= 15 is 0 Å². The van der Waals surface area contributed by atoms with E-state index in [2.05, 4.69) is 35.7 Å². The smallest absolute Gasteiger partial charge is 0.341 e. The van der Waals surface area contributed by atoms with Crippen molar-refractivity contribution in [3.63, 3.8) is 0 Å². The minimum atomic E-state index is -0.782. The maximum Gasteiger partial charge on any atom is 0.354 e. The molecule has 0 aliphatic carbocycles. The predicted octanol–water partition coefficient (Wildman–Crippen LogP) is 7.52. The molecule has 40 heavy (non-hydrogen) atoms. The largest absolute Gasteiger partial charge is 0.354 e. The van der Waals surface area contributed by atoms with E-state index in [1.807, 2.05) is 88.2 Å². The molecule has 0 aliphatic heterocycles. The van der Waals surface area contributed by atoms with E-state index in [4.69, 9.17) is 4.84 Å². The number of benzene rings is 3. The number of hydrogen-bond donors (Lipinski definition) is 0. The first-order chi connectivity index (χ1) is 19.1. The lowest BCUT2D eigenvalue weighted by Gasteiger charge is -2.32. The molecule has 0 unspecified atom stereocenters. The Morgan fingerprint density at radius 2 is 1.55 bits per heavy atom. The highest BCUT2D eigenvalue weighted by molar-refractivity contribution is 6.16. The molecule has 4 rings (SSSR count). The summed E-state index contributed by atoms with van der Waals surface area (Å²) >= 11 is 0. The Bertz CT molecular complexity index is 1580. The van der Waals surface area contributed by atoms with Crippen molar-refractivity contribution in [2.75, 3.05) is 13.6 Å². The summed E-state index contributed by atoms with van der Waals surface area (Å²) in [4.78, 5) is 33.8. The van der Waals surface area contributed by atoms with E-state index in [1.165, 1.54) is 0 Å². The van der Waals surface area contributed by atoms with Crippen LogP contribution in [0.25, 0.3) is 21.8 Å². The lowest BCUT2D eigenvalue weighted by atomic mass is 9.97. The zero-order valence-corrected chi connectivity index (χ0v) is 24.9. The summed E-state index contributed by atoms with van der Waals surface area (Å²) in [5, 5.41) is 6.27. The monoisotopic (exact) mass is 539 g/mol. The molecule has 0 atom stereocenters. The number of hydrogen-bond acceptors (Lipinski definition) is 5. The third-order valence-electron chi connectivity index (χ3n) is 8.07. The maximum absolute atomic E-state index is 13.4. The van der Waals surface area contributed by atoms with Crippen LogP contribution < -0.4 is 0 Å². The lowest BCUT2D eigenvalue weighted by molar-refractivity contribution is -0.155. The highest BCUT2D eigenvalue weighted by Gasteiger charge is 2.34. The van der Waals surface area contributed by atoms with Crippen LogP contribution in [0.15, 0.2) is 65.8 Å². The number of carbonyl (C=O) groups excluding carboxylic acids is 2. The number of carbonyl (C=O) groups is 2. The zero-order chi connectivity index (χ0) is 29.0. The summed E-state index contributed by atoms with van der Waals surface area (Å²) in [6.07, 6.45) is 3.30. The van der Waals surface area contributed by atoms with E-state index in [1.54, 1.807) is 0 Å². The van der Waals surface area contributed by atoms with E-state index < -0.39 is 5.54 Å². The molecule has 0 saturated carbocycles. The van der Waals surface area contributed by atoms with Gasteiger partial charge in [-0.25, -0.2) is 4.79 Å². The van der Waals surface area contributed by atoms with Gasteiger partial charge in [0.15, 0.2) is 5.78 Å². The molecular weight excluding hydrogens is 498 g/mol. The van der Waals surface area contributed by atoms with Crippen LogP contribution in [0.2, 0.25) is 0 Å². The van der Waals surface area contributed by atoms with Crippen LogP contribution in [-0.2, 0) is 16.2 Å². The summed E-state index contributed by atoms with van der Waals surface area (Å²) in [6.45, 7) is 13.5. The van der Waals surface area contributed by atoms with Gasteiger partial charge in [-0.2, -0.15) is 0 Å². The quantitative estimate of drug-likeness (QED) is 0.0650. The van der Waals surface area contributed by atoms with Gasteiger partial charge in [-0.15, -0.1) is 0 Å². The number of rotatable bonds is 11. The SMILES string of the molecule is CCCCCN(C)C(C)(C)C(=O)O/N=C(\C)c1ccc2c(c1)c1cc(C(=O)c3ccccc3C)ccc1n2CC. The van der Waals surface area contributed by atoms with Gasteiger partial charge in [0.1, 0.15) is 5.54 Å². The molecule has 0 aliphatic rings. The van der Waals surface area contributed by atoms with Crippen LogP contribution in [0, 0.1) is 6.92 Å². The Labute approximate surface area is 237 Å². The average Bonchev–Trinajstić information content (AvgIpc) is 3.27. The number of aromatic nitrogens is 1. The van der Waals surface area contributed by atoms with Gasteiger partial charge >= 0.3 is 5.97 Å². The topological polar surface area (TPSA) is 63.9 Å². The summed E-state index contributed by atoms with van der Waals surface area (Å²) < 4.78 is 2.25. The van der Waals surface area contributed by atoms with Gasteiger partial charge in [-0.1, -0.05) is 55.3 Å². The number of nitrogens with zero attached hydrogens (tertiary/aromatic N) is 3. The zero-order valence-electron chi connectivity index (χ0n) is 24.9. The molecule has 0 fully saturated rings. The van der Waals surface area contributed by atoms with Gasteiger partial charge in [0.05, 0.1) is 5.71 Å². The number of fused-ring (bicyclic) bond motifs is 3. The second kappa shape index (κ2) is 12.2. The van der Waals surface area contributed by atoms with Gasteiger partial charge < -0.3 is 9.40 Å². The summed E-state index contributed by atoms with van der Waals surface area (Å²) in [5.74, 6) is -0.366. The minimum Gasteiger partial charge on any atom is -0.341 e. The van der Waals surface area contributed by atoms with Crippen molar-refractivity contribution in [3.05, 3.63) is 82.9 Å². The van der Waals surface area contributed by atoms with Gasteiger partial charge in [-0.05, 0) is 96.1 Å². The third-order valence-corrected chi connectivity index (χ3v) is 8.07. The molecule has 0 amide bonds. The maximum atomic E-state index is 13.4. The molecule has 210 valence electrons. The van der Waals surface area contributed by atoms with Crippen LogP contribution in [0.4, 0.5) is 0 Å². The molecule has 1 heterocycles.